The molecule has 1 aliphatic rings. The average molecular weight is 422 g/mol. The first-order valence-electron chi connectivity index (χ1n) is 7.65. The summed E-state index contributed by atoms with van der Waals surface area (Å²) in [5, 5.41) is 26.6. The lowest BCUT2D eigenvalue weighted by molar-refractivity contribution is -0.386. The van der Waals surface area contributed by atoms with Gasteiger partial charge in [-0.1, -0.05) is 6.07 Å². The lowest BCUT2D eigenvalue weighted by Gasteiger charge is -2.34. The van der Waals surface area contributed by atoms with Crippen molar-refractivity contribution in [2.75, 3.05) is 33.3 Å². The van der Waals surface area contributed by atoms with Crippen LogP contribution in [-0.4, -0.2) is 48.2 Å². The van der Waals surface area contributed by atoms with Gasteiger partial charge in [-0.2, -0.15) is 0 Å². The molecule has 1 aromatic carbocycles. The van der Waals surface area contributed by atoms with Crippen LogP contribution in [0, 0.1) is 10.1 Å². The standard InChI is InChI=1S/C16H19N3O4S.2ClH/c1-23-13-10-11(9-12(16(13)20)19(21)22)15(14-3-2-8-24-14)18-6-4-17-5-7-18;;/h2-3,8-10,15,17,20H,4-7H2,1H3;2*1H/t15-;;/m1../s1. The van der Waals surface area contributed by atoms with Gasteiger partial charge in [-0.15, -0.1) is 36.2 Å². The summed E-state index contributed by atoms with van der Waals surface area (Å²) >= 11 is 1.62. The van der Waals surface area contributed by atoms with E-state index < -0.39 is 10.7 Å². The van der Waals surface area contributed by atoms with Crippen molar-refractivity contribution in [2.45, 2.75) is 6.04 Å². The molecule has 26 heavy (non-hydrogen) atoms. The zero-order chi connectivity index (χ0) is 17.1. The molecule has 1 saturated heterocycles. The molecule has 3 rings (SSSR count). The Morgan fingerprint density at radius 2 is 2.04 bits per heavy atom. The number of piperazine rings is 1. The van der Waals surface area contributed by atoms with Crippen LogP contribution in [0.25, 0.3) is 0 Å². The highest BCUT2D eigenvalue weighted by Gasteiger charge is 2.29. The van der Waals surface area contributed by atoms with Crippen molar-refractivity contribution < 1.29 is 14.8 Å². The molecule has 2 N–H and O–H groups in total. The van der Waals surface area contributed by atoms with Crippen LogP contribution in [-0.2, 0) is 0 Å². The van der Waals surface area contributed by atoms with Gasteiger partial charge in [0.2, 0.25) is 5.75 Å². The number of ether oxygens (including phenoxy) is 1. The van der Waals surface area contributed by atoms with Crippen molar-refractivity contribution in [3.05, 3.63) is 50.2 Å². The van der Waals surface area contributed by atoms with Gasteiger partial charge in [0.15, 0.2) is 5.75 Å². The number of phenolic OH excluding ortho intramolecular Hbond substituents is 1. The van der Waals surface area contributed by atoms with Crippen molar-refractivity contribution in [2.24, 2.45) is 0 Å². The van der Waals surface area contributed by atoms with E-state index in [2.05, 4.69) is 10.2 Å². The summed E-state index contributed by atoms with van der Waals surface area (Å²) in [6, 6.07) is 7.04. The molecule has 1 aromatic heterocycles. The molecule has 0 unspecified atom stereocenters. The SMILES string of the molecule is COc1cc([C@H](c2cccs2)N2CCNCC2)cc([N+](=O)[O-])c1O.Cl.Cl. The fraction of sp³-hybridized carbons (Fsp3) is 0.375. The van der Waals surface area contributed by atoms with Crippen molar-refractivity contribution in [3.63, 3.8) is 0 Å². The molecule has 2 aromatic rings. The first kappa shape index (κ1) is 22.5. The van der Waals surface area contributed by atoms with E-state index in [4.69, 9.17) is 4.74 Å². The summed E-state index contributed by atoms with van der Waals surface area (Å²) in [4.78, 5) is 14.1. The van der Waals surface area contributed by atoms with Crippen LogP contribution in [0.2, 0.25) is 0 Å². The van der Waals surface area contributed by atoms with E-state index in [0.717, 1.165) is 36.6 Å². The Morgan fingerprint density at radius 3 is 2.58 bits per heavy atom. The minimum atomic E-state index is -0.579. The second-order valence-corrected chi connectivity index (χ2v) is 6.53. The monoisotopic (exact) mass is 421 g/mol. The molecule has 1 fully saturated rings. The summed E-state index contributed by atoms with van der Waals surface area (Å²) < 4.78 is 5.15. The third-order valence-corrected chi connectivity index (χ3v) is 5.06. The quantitative estimate of drug-likeness (QED) is 0.569. The molecule has 2 heterocycles. The van der Waals surface area contributed by atoms with Crippen LogP contribution in [0.5, 0.6) is 11.5 Å². The Hall–Kier alpha value is -1.58. The van der Waals surface area contributed by atoms with Gasteiger partial charge in [0.25, 0.3) is 0 Å². The summed E-state index contributed by atoms with van der Waals surface area (Å²) in [5.74, 6) is -0.313. The Morgan fingerprint density at radius 1 is 1.35 bits per heavy atom. The maximum atomic E-state index is 11.3. The smallest absolute Gasteiger partial charge is 0.315 e. The fourth-order valence-electron chi connectivity index (χ4n) is 3.01. The third kappa shape index (κ3) is 4.57. The average Bonchev–Trinajstić information content (AvgIpc) is 3.11. The molecule has 0 radical (unpaired) electrons. The Balaban J connectivity index is 0.00000169. The van der Waals surface area contributed by atoms with Crippen molar-refractivity contribution in [1.29, 1.82) is 0 Å². The molecule has 144 valence electrons. The van der Waals surface area contributed by atoms with Crippen molar-refractivity contribution >= 4 is 41.8 Å². The second kappa shape index (κ2) is 9.94. The van der Waals surface area contributed by atoms with E-state index in [9.17, 15) is 15.2 Å². The van der Waals surface area contributed by atoms with Crippen LogP contribution < -0.4 is 10.1 Å². The molecule has 10 heteroatoms. The van der Waals surface area contributed by atoms with Gasteiger partial charge in [-0.3, -0.25) is 15.0 Å². The van der Waals surface area contributed by atoms with Gasteiger partial charge in [-0.25, -0.2) is 0 Å². The number of halogens is 2. The first-order valence-corrected chi connectivity index (χ1v) is 8.53. The number of nitrogens with zero attached hydrogens (tertiary/aromatic N) is 2. The van der Waals surface area contributed by atoms with E-state index in [1.54, 1.807) is 17.4 Å². The number of nitro benzene ring substituents is 1. The van der Waals surface area contributed by atoms with Gasteiger partial charge in [0, 0.05) is 37.1 Å². The number of methoxy groups -OCH3 is 1. The highest BCUT2D eigenvalue weighted by molar-refractivity contribution is 7.10. The van der Waals surface area contributed by atoms with Gasteiger partial charge in [-0.05, 0) is 23.1 Å². The lowest BCUT2D eigenvalue weighted by atomic mass is 10.0. The number of rotatable bonds is 5. The topological polar surface area (TPSA) is 87.9 Å². The number of hydrogen-bond donors (Lipinski definition) is 2. The largest absolute Gasteiger partial charge is 0.500 e. The third-order valence-electron chi connectivity index (χ3n) is 4.14. The number of benzene rings is 1. The van der Waals surface area contributed by atoms with Crippen LogP contribution in [0.15, 0.2) is 29.6 Å². The summed E-state index contributed by atoms with van der Waals surface area (Å²) in [6.07, 6.45) is 0. The Bertz CT molecular complexity index is 725. The van der Waals surface area contributed by atoms with Crippen LogP contribution >= 0.6 is 36.2 Å². The molecule has 7 nitrogen and oxygen atoms in total. The number of aromatic hydroxyl groups is 1. The molecular weight excluding hydrogens is 401 g/mol. The molecule has 1 aliphatic heterocycles. The summed E-state index contributed by atoms with van der Waals surface area (Å²) in [6.45, 7) is 3.44. The number of hydrogen-bond acceptors (Lipinski definition) is 7. The van der Waals surface area contributed by atoms with E-state index in [-0.39, 0.29) is 42.3 Å². The maximum Gasteiger partial charge on any atom is 0.315 e. The molecule has 1 atom stereocenters. The van der Waals surface area contributed by atoms with Crippen LogP contribution in [0.1, 0.15) is 16.5 Å². The minimum Gasteiger partial charge on any atom is -0.500 e. The van der Waals surface area contributed by atoms with Crippen LogP contribution in [0.4, 0.5) is 5.69 Å². The molecule has 0 aliphatic carbocycles. The fourth-order valence-corrected chi connectivity index (χ4v) is 3.89. The first-order chi connectivity index (χ1) is 11.6. The van der Waals surface area contributed by atoms with E-state index in [1.807, 2.05) is 17.5 Å². The van der Waals surface area contributed by atoms with Gasteiger partial charge in [0.1, 0.15) is 0 Å². The predicted octanol–water partition coefficient (Wildman–Crippen LogP) is 3.21. The molecule has 0 spiro atoms. The molecule has 0 bridgehead atoms. The van der Waals surface area contributed by atoms with Crippen LogP contribution in [0.3, 0.4) is 0 Å². The summed E-state index contributed by atoms with van der Waals surface area (Å²) in [7, 11) is 1.40. The molecule has 0 amide bonds. The Kier molecular flexibility index (Phi) is 8.58. The van der Waals surface area contributed by atoms with Gasteiger partial charge < -0.3 is 15.2 Å². The summed E-state index contributed by atoms with van der Waals surface area (Å²) in [5.41, 5.74) is 0.418. The normalized spacial score (nSPS) is 15.4. The van der Waals surface area contributed by atoms with E-state index in [0.29, 0.717) is 0 Å². The predicted molar refractivity (Wildman–Crippen MR) is 106 cm³/mol. The number of nitro groups is 1. The zero-order valence-corrected chi connectivity index (χ0v) is 16.5. The van der Waals surface area contributed by atoms with Crippen molar-refractivity contribution in [3.8, 4) is 11.5 Å². The zero-order valence-electron chi connectivity index (χ0n) is 14.1. The number of thiophene rings is 1. The van der Waals surface area contributed by atoms with E-state index >= 15 is 0 Å². The lowest BCUT2D eigenvalue weighted by Crippen LogP contribution is -2.45. The Labute approximate surface area is 167 Å². The molecule has 0 saturated carbocycles. The van der Waals surface area contributed by atoms with E-state index in [1.165, 1.54) is 13.2 Å². The van der Waals surface area contributed by atoms with Gasteiger partial charge in [0.05, 0.1) is 18.1 Å². The molecular formula is C16H21Cl2N3O4S. The second-order valence-electron chi connectivity index (χ2n) is 5.55. The highest BCUT2D eigenvalue weighted by atomic mass is 35.5. The van der Waals surface area contributed by atoms with Crippen molar-refractivity contribution in [1.82, 2.24) is 10.2 Å². The number of nitrogens with one attached hydrogen (secondary N) is 1. The highest BCUT2D eigenvalue weighted by Crippen LogP contribution is 2.42. The number of phenols is 1. The minimum absolute atomic E-state index is 0. The van der Waals surface area contributed by atoms with Gasteiger partial charge >= 0.3 is 5.69 Å². The maximum absolute atomic E-state index is 11.3.